The Balaban J connectivity index is 0.937. The Labute approximate surface area is 364 Å². The second kappa shape index (κ2) is 17.7. The van der Waals surface area contributed by atoms with Gasteiger partial charge in [0.05, 0.1) is 31.1 Å². The van der Waals surface area contributed by atoms with Crippen molar-refractivity contribution in [2.45, 2.75) is 65.5 Å². The van der Waals surface area contributed by atoms with Crippen molar-refractivity contribution in [2.24, 2.45) is 5.41 Å². The van der Waals surface area contributed by atoms with Crippen LogP contribution in [0, 0.1) is 19.3 Å². The van der Waals surface area contributed by atoms with Crippen molar-refractivity contribution >= 4 is 29.8 Å². The summed E-state index contributed by atoms with van der Waals surface area (Å²) in [5.41, 5.74) is 4.72. The van der Waals surface area contributed by atoms with Gasteiger partial charge < -0.3 is 9.47 Å². The van der Waals surface area contributed by atoms with E-state index >= 15 is 0 Å². The first-order valence-corrected chi connectivity index (χ1v) is 24.1. The summed E-state index contributed by atoms with van der Waals surface area (Å²) in [5, 5.41) is 0. The third-order valence-corrected chi connectivity index (χ3v) is 14.9. The van der Waals surface area contributed by atoms with E-state index < -0.39 is 29.8 Å². The Hall–Kier alpha value is -6.05. The average Bonchev–Trinajstić information content (AvgIpc) is 3.25. The molecule has 0 spiro atoms. The maximum Gasteiger partial charge on any atom is 0.297 e. The quantitative estimate of drug-likeness (QED) is 0.0980. The average molecular weight is 887 g/mol. The maximum atomic E-state index is 13.5. The van der Waals surface area contributed by atoms with Gasteiger partial charge in [0.15, 0.2) is 0 Å². The zero-order chi connectivity index (χ0) is 44.3. The van der Waals surface area contributed by atoms with Gasteiger partial charge in [-0.3, -0.25) is 4.18 Å². The lowest BCUT2D eigenvalue weighted by atomic mass is 9.99. The van der Waals surface area contributed by atoms with Gasteiger partial charge in [-0.15, -0.1) is 0 Å². The molecule has 12 heteroatoms. The number of hydrogen-bond acceptors (Lipinski definition) is 9. The summed E-state index contributed by atoms with van der Waals surface area (Å²) in [6.45, 7) is 9.39. The van der Waals surface area contributed by atoms with Crippen molar-refractivity contribution in [3.63, 3.8) is 0 Å². The van der Waals surface area contributed by atoms with Crippen LogP contribution in [-0.2, 0) is 40.4 Å². The lowest BCUT2D eigenvalue weighted by Crippen LogP contribution is -2.19. The molecule has 0 atom stereocenters. The lowest BCUT2D eigenvalue weighted by Gasteiger charge is -2.18. The van der Waals surface area contributed by atoms with E-state index in [9.17, 15) is 25.3 Å². The summed E-state index contributed by atoms with van der Waals surface area (Å²) in [4.78, 5) is 0.799. The first-order valence-electron chi connectivity index (χ1n) is 19.8. The van der Waals surface area contributed by atoms with Gasteiger partial charge in [-0.2, -0.15) is 8.42 Å². The van der Waals surface area contributed by atoms with Gasteiger partial charge >= 0.3 is 0 Å². The molecule has 62 heavy (non-hydrogen) atoms. The van der Waals surface area contributed by atoms with Crippen molar-refractivity contribution in [2.75, 3.05) is 6.61 Å². The summed E-state index contributed by atoms with van der Waals surface area (Å²) in [5.74, 6) is 2.14. The number of aryl methyl sites for hydroxylation is 2. The van der Waals surface area contributed by atoms with Crippen LogP contribution in [0.5, 0.6) is 23.0 Å². The van der Waals surface area contributed by atoms with Crippen LogP contribution >= 0.6 is 0 Å². The van der Waals surface area contributed by atoms with Crippen molar-refractivity contribution in [1.29, 1.82) is 0 Å². The minimum absolute atomic E-state index is 0.0591. The molecule has 0 fully saturated rings. The first kappa shape index (κ1) is 44.0. The lowest BCUT2D eigenvalue weighted by molar-refractivity contribution is 0.203. The molecule has 9 nitrogen and oxygen atoms in total. The van der Waals surface area contributed by atoms with E-state index in [2.05, 4.69) is 0 Å². The molecular formula is C50H46O9S3. The molecule has 0 bridgehead atoms. The minimum atomic E-state index is -3.95. The van der Waals surface area contributed by atoms with Crippen molar-refractivity contribution in [3.8, 4) is 34.1 Å². The number of sulfone groups is 2. The summed E-state index contributed by atoms with van der Waals surface area (Å²) >= 11 is 0. The highest BCUT2D eigenvalue weighted by molar-refractivity contribution is 7.91. The highest BCUT2D eigenvalue weighted by Crippen LogP contribution is 2.32. The Morgan fingerprint density at radius 2 is 0.790 bits per heavy atom. The van der Waals surface area contributed by atoms with Crippen LogP contribution < -0.4 is 9.47 Å². The summed E-state index contributed by atoms with van der Waals surface area (Å²) < 4.78 is 96.3. The molecule has 0 amide bonds. The number of ether oxygens (including phenoxy) is 2. The van der Waals surface area contributed by atoms with E-state index in [1.807, 2.05) is 82.3 Å². The molecule has 0 saturated carbocycles. The standard InChI is InChI=1S/C50H46O9S3/c1-35-6-24-45(25-7-35)60(51,52)47-28-20-43(21-29-47)58-41-16-12-39(13-17-41)40-14-18-42(19-15-40)59-44-22-30-48(31-23-44)61(53,54)46-26-10-37(11-27-46)32-38-9-8-36(2)49(33-38)62(55,56)57-34-50(3,4)5/h6-31,33H,32,34H2,1-5H3. The minimum Gasteiger partial charge on any atom is -0.457 e. The van der Waals surface area contributed by atoms with Gasteiger partial charge in [0.2, 0.25) is 19.7 Å². The molecule has 0 aromatic heterocycles. The molecule has 0 aliphatic carbocycles. The Morgan fingerprint density at radius 3 is 1.19 bits per heavy atom. The fourth-order valence-electron chi connectivity index (χ4n) is 6.43. The molecule has 7 rings (SSSR count). The molecule has 318 valence electrons. The predicted octanol–water partition coefficient (Wildman–Crippen LogP) is 11.6. The van der Waals surface area contributed by atoms with Crippen LogP contribution in [-0.4, -0.2) is 31.9 Å². The topological polar surface area (TPSA) is 130 Å². The number of hydrogen-bond donors (Lipinski definition) is 0. The van der Waals surface area contributed by atoms with Gasteiger partial charge in [0, 0.05) is 0 Å². The van der Waals surface area contributed by atoms with Gasteiger partial charge in [0.25, 0.3) is 10.1 Å². The molecule has 0 aliphatic heterocycles. The monoisotopic (exact) mass is 886 g/mol. The maximum absolute atomic E-state index is 13.5. The molecule has 0 heterocycles. The van der Waals surface area contributed by atoms with E-state index in [0.717, 1.165) is 27.8 Å². The van der Waals surface area contributed by atoms with Crippen LogP contribution in [0.1, 0.15) is 43.0 Å². The summed E-state index contributed by atoms with van der Waals surface area (Å²) in [7, 11) is -11.4. The van der Waals surface area contributed by atoms with Crippen LogP contribution in [0.25, 0.3) is 11.1 Å². The fraction of sp³-hybridized carbons (Fsp3) is 0.160. The van der Waals surface area contributed by atoms with Crippen molar-refractivity contribution in [3.05, 3.63) is 186 Å². The smallest absolute Gasteiger partial charge is 0.297 e. The Bertz CT molecular complexity index is 3010. The predicted molar refractivity (Wildman–Crippen MR) is 240 cm³/mol. The van der Waals surface area contributed by atoms with Crippen LogP contribution in [0.2, 0.25) is 0 Å². The Morgan fingerprint density at radius 1 is 0.435 bits per heavy atom. The molecule has 0 aliphatic rings. The largest absolute Gasteiger partial charge is 0.457 e. The molecule has 7 aromatic rings. The molecular weight excluding hydrogens is 841 g/mol. The van der Waals surface area contributed by atoms with Crippen LogP contribution in [0.4, 0.5) is 0 Å². The summed E-state index contributed by atoms with van der Waals surface area (Å²) in [6.07, 6.45) is 0.404. The molecule has 0 radical (unpaired) electrons. The van der Waals surface area contributed by atoms with Gasteiger partial charge in [0.1, 0.15) is 23.0 Å². The zero-order valence-corrected chi connectivity index (χ0v) is 37.4. The molecule has 0 unspecified atom stereocenters. The molecule has 7 aromatic carbocycles. The number of benzene rings is 7. The SMILES string of the molecule is Cc1ccc(S(=O)(=O)c2ccc(Oc3ccc(-c4ccc(Oc5ccc(S(=O)(=O)c6ccc(Cc7ccc(C)c(S(=O)(=O)OCC(C)(C)C)c7)cc6)cc5)cc4)cc3)cc2)cc1. The van der Waals surface area contributed by atoms with Gasteiger partial charge in [-0.05, 0) is 157 Å². The fourth-order valence-corrected chi connectivity index (χ4v) is 10.3. The van der Waals surface area contributed by atoms with Crippen LogP contribution in [0.15, 0.2) is 188 Å². The second-order valence-electron chi connectivity index (χ2n) is 16.2. The first-order chi connectivity index (χ1) is 29.4. The highest BCUT2D eigenvalue weighted by atomic mass is 32.2. The summed E-state index contributed by atoms with van der Waals surface area (Å²) in [6, 6.07) is 46.1. The van der Waals surface area contributed by atoms with Crippen molar-refractivity contribution in [1.82, 2.24) is 0 Å². The number of rotatable bonds is 14. The third kappa shape index (κ3) is 10.5. The third-order valence-electron chi connectivity index (χ3n) is 9.92. The normalized spacial score (nSPS) is 12.2. The van der Waals surface area contributed by atoms with Gasteiger partial charge in [-0.25, -0.2) is 16.8 Å². The van der Waals surface area contributed by atoms with E-state index in [1.54, 1.807) is 91.9 Å². The van der Waals surface area contributed by atoms with E-state index in [4.69, 9.17) is 13.7 Å². The van der Waals surface area contributed by atoms with E-state index in [0.29, 0.717) is 35.0 Å². The second-order valence-corrected chi connectivity index (χ2v) is 21.7. The van der Waals surface area contributed by atoms with Crippen molar-refractivity contribution < 1.29 is 38.9 Å². The Kier molecular flexibility index (Phi) is 12.6. The van der Waals surface area contributed by atoms with E-state index in [-0.39, 0.29) is 36.5 Å². The zero-order valence-electron chi connectivity index (χ0n) is 34.9. The van der Waals surface area contributed by atoms with Crippen LogP contribution in [0.3, 0.4) is 0 Å². The highest BCUT2D eigenvalue weighted by Gasteiger charge is 2.23. The molecule has 0 saturated heterocycles. The van der Waals surface area contributed by atoms with E-state index in [1.165, 1.54) is 24.3 Å². The van der Waals surface area contributed by atoms with Gasteiger partial charge in [-0.1, -0.05) is 87.0 Å². The molecule has 0 N–H and O–H groups in total.